The predicted octanol–water partition coefficient (Wildman–Crippen LogP) is 3.16. The highest BCUT2D eigenvalue weighted by Crippen LogP contribution is 2.52. The molecule has 5 nitrogen and oxygen atoms in total. The molecule has 1 aromatic rings. The van der Waals surface area contributed by atoms with Crippen LogP contribution in [0.25, 0.3) is 0 Å². The molecule has 1 saturated heterocycles. The van der Waals surface area contributed by atoms with Crippen LogP contribution in [0.1, 0.15) is 45.2 Å². The van der Waals surface area contributed by atoms with Gasteiger partial charge in [-0.2, -0.15) is 5.10 Å². The van der Waals surface area contributed by atoms with Crippen molar-refractivity contribution in [1.82, 2.24) is 14.7 Å². The fourth-order valence-corrected chi connectivity index (χ4v) is 4.35. The maximum absolute atomic E-state index is 12.5. The van der Waals surface area contributed by atoms with Crippen molar-refractivity contribution in [1.29, 1.82) is 0 Å². The van der Waals surface area contributed by atoms with Gasteiger partial charge in [0.05, 0.1) is 0 Å². The molecular weight excluding hydrogens is 264 g/mol. The molecule has 5 heteroatoms. The molecule has 21 heavy (non-hydrogen) atoms. The number of likely N-dealkylation sites (tertiary alicyclic amines) is 1. The summed E-state index contributed by atoms with van der Waals surface area (Å²) in [4.78, 5) is 14.5. The first-order chi connectivity index (χ1) is 9.93. The summed E-state index contributed by atoms with van der Waals surface area (Å²) in [5.41, 5.74) is 1.44. The van der Waals surface area contributed by atoms with E-state index in [4.69, 9.17) is 0 Å². The van der Waals surface area contributed by atoms with Crippen molar-refractivity contribution < 1.29 is 4.79 Å². The Hall–Kier alpha value is -1.52. The molecule has 1 atom stereocenters. The molecule has 2 heterocycles. The van der Waals surface area contributed by atoms with Crippen molar-refractivity contribution in [2.75, 3.05) is 11.9 Å². The van der Waals surface area contributed by atoms with Crippen molar-refractivity contribution in [2.45, 2.75) is 52.5 Å². The number of hydrogen-bond donors (Lipinski definition) is 1. The lowest BCUT2D eigenvalue weighted by molar-refractivity contribution is -0.0578. The number of anilines is 1. The number of nitrogens with one attached hydrogen (secondary N) is 1. The van der Waals surface area contributed by atoms with E-state index in [1.807, 2.05) is 24.9 Å². The number of carbonyl (C=O) groups is 1. The van der Waals surface area contributed by atoms with Crippen LogP contribution in [0.3, 0.4) is 0 Å². The third kappa shape index (κ3) is 2.32. The molecule has 1 N–H and O–H groups in total. The number of rotatable bonds is 2. The topological polar surface area (TPSA) is 50.2 Å². The van der Waals surface area contributed by atoms with Gasteiger partial charge in [-0.25, -0.2) is 4.79 Å². The molecule has 0 radical (unpaired) electrons. The summed E-state index contributed by atoms with van der Waals surface area (Å²) in [6.45, 7) is 7.36. The lowest BCUT2D eigenvalue weighted by atomic mass is 9.66. The molecule has 0 aromatic carbocycles. The summed E-state index contributed by atoms with van der Waals surface area (Å²) in [5, 5.41) is 7.26. The largest absolute Gasteiger partial charge is 0.323 e. The number of carbonyl (C=O) groups excluding carboxylic acids is 1. The quantitative estimate of drug-likeness (QED) is 0.909. The van der Waals surface area contributed by atoms with E-state index in [1.165, 1.54) is 25.7 Å². The van der Waals surface area contributed by atoms with E-state index < -0.39 is 0 Å². The van der Waals surface area contributed by atoms with Crippen LogP contribution >= 0.6 is 0 Å². The first kappa shape index (κ1) is 14.4. The van der Waals surface area contributed by atoms with Gasteiger partial charge in [0.25, 0.3) is 0 Å². The summed E-state index contributed by atoms with van der Waals surface area (Å²) in [5.74, 6) is 1.16. The van der Waals surface area contributed by atoms with E-state index in [0.29, 0.717) is 23.2 Å². The van der Waals surface area contributed by atoms with E-state index >= 15 is 0 Å². The number of nitrogens with zero attached hydrogens (tertiary/aromatic N) is 3. The molecule has 1 spiro atoms. The monoisotopic (exact) mass is 290 g/mol. The molecule has 2 amide bonds. The molecule has 1 saturated carbocycles. The zero-order chi connectivity index (χ0) is 15.2. The van der Waals surface area contributed by atoms with E-state index in [-0.39, 0.29) is 6.03 Å². The minimum atomic E-state index is 0.00400. The third-order valence-electron chi connectivity index (χ3n) is 5.29. The van der Waals surface area contributed by atoms with Crippen LogP contribution in [0, 0.1) is 18.3 Å². The zero-order valence-corrected chi connectivity index (χ0v) is 13.5. The first-order valence-corrected chi connectivity index (χ1v) is 8.01. The van der Waals surface area contributed by atoms with Crippen LogP contribution in [-0.4, -0.2) is 33.3 Å². The average Bonchev–Trinajstić information content (AvgIpc) is 2.95. The molecule has 3 rings (SSSR count). The van der Waals surface area contributed by atoms with Crippen molar-refractivity contribution >= 4 is 11.8 Å². The van der Waals surface area contributed by atoms with Gasteiger partial charge in [-0.3, -0.25) is 10.00 Å². The Balaban J connectivity index is 1.70. The normalized spacial score (nSPS) is 23.7. The lowest BCUT2D eigenvalue weighted by Crippen LogP contribution is -2.68. The molecule has 0 bridgehead atoms. The second-order valence-electron chi connectivity index (χ2n) is 7.11. The Kier molecular flexibility index (Phi) is 3.46. The van der Waals surface area contributed by atoms with E-state index in [2.05, 4.69) is 24.3 Å². The van der Waals surface area contributed by atoms with Crippen molar-refractivity contribution in [2.24, 2.45) is 18.4 Å². The minimum absolute atomic E-state index is 0.00400. The van der Waals surface area contributed by atoms with Crippen LogP contribution in [0.15, 0.2) is 6.07 Å². The lowest BCUT2D eigenvalue weighted by Gasteiger charge is -2.58. The van der Waals surface area contributed by atoms with E-state index in [0.717, 1.165) is 12.2 Å². The maximum Gasteiger partial charge on any atom is 0.323 e. The van der Waals surface area contributed by atoms with Gasteiger partial charge in [-0.1, -0.05) is 26.7 Å². The average molecular weight is 290 g/mol. The fourth-order valence-electron chi connectivity index (χ4n) is 4.35. The van der Waals surface area contributed by atoms with Crippen LogP contribution in [0.2, 0.25) is 0 Å². The van der Waals surface area contributed by atoms with Gasteiger partial charge in [0.1, 0.15) is 0 Å². The molecule has 1 aromatic heterocycles. The van der Waals surface area contributed by atoms with Crippen LogP contribution < -0.4 is 5.32 Å². The van der Waals surface area contributed by atoms with Crippen molar-refractivity contribution in [3.05, 3.63) is 11.8 Å². The van der Waals surface area contributed by atoms with Gasteiger partial charge in [-0.05, 0) is 25.7 Å². The summed E-state index contributed by atoms with van der Waals surface area (Å²) < 4.78 is 1.78. The molecule has 1 aliphatic carbocycles. The molecule has 2 aliphatic rings. The summed E-state index contributed by atoms with van der Waals surface area (Å²) in [7, 11) is 1.89. The molecule has 1 unspecified atom stereocenters. The molecule has 116 valence electrons. The Morgan fingerprint density at radius 3 is 2.62 bits per heavy atom. The number of urea groups is 1. The van der Waals surface area contributed by atoms with E-state index in [9.17, 15) is 4.79 Å². The van der Waals surface area contributed by atoms with Gasteiger partial charge in [0.15, 0.2) is 5.82 Å². The number of hydrogen-bond acceptors (Lipinski definition) is 2. The third-order valence-corrected chi connectivity index (χ3v) is 5.29. The SMILES string of the molecule is Cc1cc(NC(=O)N2CC3(CCCC3)C2C(C)C)nn1C. The number of amides is 2. The summed E-state index contributed by atoms with van der Waals surface area (Å²) in [6.07, 6.45) is 5.20. The highest BCUT2D eigenvalue weighted by atomic mass is 16.2. The standard InChI is InChI=1S/C16H26N4O/c1-11(2)14-16(7-5-6-8-16)10-20(14)15(21)17-13-9-12(3)19(4)18-13/h9,11,14H,5-8,10H2,1-4H3,(H,17,18,21). The predicted molar refractivity (Wildman–Crippen MR) is 83.2 cm³/mol. The Labute approximate surface area is 126 Å². The highest BCUT2D eigenvalue weighted by Gasteiger charge is 2.56. The Morgan fingerprint density at radius 2 is 2.10 bits per heavy atom. The summed E-state index contributed by atoms with van der Waals surface area (Å²) in [6, 6.07) is 2.29. The van der Waals surface area contributed by atoms with Gasteiger partial charge < -0.3 is 4.90 Å². The van der Waals surface area contributed by atoms with Crippen molar-refractivity contribution in [3.8, 4) is 0 Å². The first-order valence-electron chi connectivity index (χ1n) is 8.01. The Morgan fingerprint density at radius 1 is 1.43 bits per heavy atom. The summed E-state index contributed by atoms with van der Waals surface area (Å²) >= 11 is 0. The van der Waals surface area contributed by atoms with Gasteiger partial charge in [0.2, 0.25) is 0 Å². The second-order valence-corrected chi connectivity index (χ2v) is 7.11. The van der Waals surface area contributed by atoms with E-state index in [1.54, 1.807) is 4.68 Å². The molecule has 1 aliphatic heterocycles. The zero-order valence-electron chi connectivity index (χ0n) is 13.5. The minimum Gasteiger partial charge on any atom is -0.320 e. The van der Waals surface area contributed by atoms with Crippen LogP contribution in [0.4, 0.5) is 10.6 Å². The van der Waals surface area contributed by atoms with Crippen molar-refractivity contribution in [3.63, 3.8) is 0 Å². The molecule has 2 fully saturated rings. The van der Waals surface area contributed by atoms with Gasteiger partial charge in [-0.15, -0.1) is 0 Å². The number of aryl methyl sites for hydroxylation is 2. The second kappa shape index (κ2) is 5.04. The van der Waals surface area contributed by atoms with Gasteiger partial charge >= 0.3 is 6.03 Å². The highest BCUT2D eigenvalue weighted by molar-refractivity contribution is 5.89. The Bertz CT molecular complexity index is 523. The van der Waals surface area contributed by atoms with Crippen LogP contribution in [-0.2, 0) is 7.05 Å². The smallest absolute Gasteiger partial charge is 0.320 e. The van der Waals surface area contributed by atoms with Gasteiger partial charge in [0, 0.05) is 36.8 Å². The maximum atomic E-state index is 12.5. The van der Waals surface area contributed by atoms with Crippen LogP contribution in [0.5, 0.6) is 0 Å². The molecular formula is C16H26N4O. The fraction of sp³-hybridized carbons (Fsp3) is 0.750. The number of aromatic nitrogens is 2.